The van der Waals surface area contributed by atoms with Gasteiger partial charge in [0.2, 0.25) is 0 Å². The number of para-hydroxylation sites is 1. The summed E-state index contributed by atoms with van der Waals surface area (Å²) in [6.45, 7) is 4.22. The first-order valence-electron chi connectivity index (χ1n) is 13.8. The van der Waals surface area contributed by atoms with Crippen LogP contribution in [-0.2, 0) is 11.3 Å². The summed E-state index contributed by atoms with van der Waals surface area (Å²) in [6, 6.07) is 23.0. The molecule has 0 spiro atoms. The number of benzene rings is 3. The van der Waals surface area contributed by atoms with E-state index in [0.29, 0.717) is 32.5 Å². The first-order valence-corrected chi connectivity index (χ1v) is 14.6. The highest BCUT2D eigenvalue weighted by Gasteiger charge is 2.31. The third-order valence-corrected chi connectivity index (χ3v) is 7.65. The van der Waals surface area contributed by atoms with E-state index < -0.39 is 30.4 Å². The fraction of sp³-hybridized carbons (Fsp3) is 0.273. The Labute approximate surface area is 252 Å². The lowest BCUT2D eigenvalue weighted by Crippen LogP contribution is -2.22. The number of amides is 1. The van der Waals surface area contributed by atoms with Gasteiger partial charge in [0.15, 0.2) is 0 Å². The van der Waals surface area contributed by atoms with Gasteiger partial charge < -0.3 is 25.2 Å². The number of aromatic nitrogens is 1. The second kappa shape index (κ2) is 13.9. The second-order valence-electron chi connectivity index (χ2n) is 10.5. The quantitative estimate of drug-likeness (QED) is 0.133. The third kappa shape index (κ3) is 7.34. The molecule has 2 atom stereocenters. The zero-order valence-electron chi connectivity index (χ0n) is 23.4. The van der Waals surface area contributed by atoms with Gasteiger partial charge in [-0.3, -0.25) is 9.59 Å². The molecule has 4 N–H and O–H groups in total. The number of carboxylic acid groups (broad SMARTS) is 1. The third-order valence-electron chi connectivity index (χ3n) is 7.00. The van der Waals surface area contributed by atoms with E-state index in [2.05, 4.69) is 21.2 Å². The van der Waals surface area contributed by atoms with Gasteiger partial charge in [0.1, 0.15) is 5.82 Å². The van der Waals surface area contributed by atoms with Crippen LogP contribution in [0.4, 0.5) is 10.1 Å². The number of halogens is 2. The van der Waals surface area contributed by atoms with Crippen LogP contribution in [0.25, 0.3) is 22.4 Å². The number of hydrogen-bond acceptors (Lipinski definition) is 4. The smallest absolute Gasteiger partial charge is 0.305 e. The standard InChI is InChI=1S/C33H34BrFN2O5/c1-20(2)31-30(33(42)36-23-11-7-4-8-12-23)29(21-9-5-3-6-10-21)32(26-14-13-22(35)17-27(26)34)37(31)16-15-24(38)18-25(39)19-28(40)41/h3-14,17,20,24-25,38-39H,15-16,18-19H2,1-2H3,(H,36,42)(H,40,41)/t24-,25-/m1/s1. The topological polar surface area (TPSA) is 112 Å². The number of aliphatic hydroxyl groups is 2. The lowest BCUT2D eigenvalue weighted by atomic mass is 9.94. The maximum Gasteiger partial charge on any atom is 0.305 e. The Bertz CT molecular complexity index is 1540. The molecule has 9 heteroatoms. The monoisotopic (exact) mass is 636 g/mol. The highest BCUT2D eigenvalue weighted by molar-refractivity contribution is 9.10. The number of carboxylic acids is 1. The molecule has 0 aliphatic rings. The van der Waals surface area contributed by atoms with Gasteiger partial charge in [0, 0.05) is 33.5 Å². The van der Waals surface area contributed by atoms with Gasteiger partial charge in [-0.25, -0.2) is 4.39 Å². The van der Waals surface area contributed by atoms with Crippen LogP contribution in [0.15, 0.2) is 83.3 Å². The summed E-state index contributed by atoms with van der Waals surface area (Å²) in [5, 5.41) is 32.9. The summed E-state index contributed by atoms with van der Waals surface area (Å²) in [4.78, 5) is 25.1. The largest absolute Gasteiger partial charge is 0.481 e. The molecule has 42 heavy (non-hydrogen) atoms. The Morgan fingerprint density at radius 2 is 1.60 bits per heavy atom. The minimum Gasteiger partial charge on any atom is -0.481 e. The number of anilines is 1. The number of aliphatic carboxylic acids is 1. The van der Waals surface area contributed by atoms with Crippen LogP contribution in [0.2, 0.25) is 0 Å². The number of nitrogens with zero attached hydrogens (tertiary/aromatic N) is 1. The zero-order valence-corrected chi connectivity index (χ0v) is 25.0. The van der Waals surface area contributed by atoms with Crippen molar-refractivity contribution >= 4 is 33.5 Å². The maximum atomic E-state index is 14.2. The van der Waals surface area contributed by atoms with Crippen LogP contribution in [0.5, 0.6) is 0 Å². The fourth-order valence-corrected chi connectivity index (χ4v) is 5.80. The second-order valence-corrected chi connectivity index (χ2v) is 11.4. The van der Waals surface area contributed by atoms with Crippen LogP contribution >= 0.6 is 15.9 Å². The van der Waals surface area contributed by atoms with Gasteiger partial charge in [-0.2, -0.15) is 0 Å². The first-order chi connectivity index (χ1) is 20.1. The van der Waals surface area contributed by atoms with Crippen LogP contribution in [0.3, 0.4) is 0 Å². The predicted octanol–water partition coefficient (Wildman–Crippen LogP) is 7.08. The molecule has 7 nitrogen and oxygen atoms in total. The Hall–Kier alpha value is -3.79. The molecule has 4 aromatic rings. The minimum absolute atomic E-state index is 0.104. The molecule has 0 fully saturated rings. The average molecular weight is 638 g/mol. The van der Waals surface area contributed by atoms with Crippen molar-refractivity contribution in [3.05, 3.63) is 100 Å². The van der Waals surface area contributed by atoms with Gasteiger partial charge in [0.25, 0.3) is 5.91 Å². The zero-order chi connectivity index (χ0) is 30.4. The Morgan fingerprint density at radius 3 is 2.19 bits per heavy atom. The Morgan fingerprint density at radius 1 is 0.952 bits per heavy atom. The van der Waals surface area contributed by atoms with Crippen molar-refractivity contribution in [2.75, 3.05) is 5.32 Å². The molecule has 0 aliphatic carbocycles. The maximum absolute atomic E-state index is 14.2. The Balaban J connectivity index is 1.93. The number of hydrogen-bond donors (Lipinski definition) is 4. The van der Waals surface area contributed by atoms with Gasteiger partial charge >= 0.3 is 5.97 Å². The van der Waals surface area contributed by atoms with Crippen molar-refractivity contribution < 1.29 is 29.3 Å². The number of carbonyl (C=O) groups excluding carboxylic acids is 1. The lowest BCUT2D eigenvalue weighted by molar-refractivity contribution is -0.139. The van der Waals surface area contributed by atoms with E-state index in [9.17, 15) is 24.2 Å². The van der Waals surface area contributed by atoms with Crippen molar-refractivity contribution in [3.63, 3.8) is 0 Å². The molecule has 0 saturated heterocycles. The van der Waals surface area contributed by atoms with E-state index in [4.69, 9.17) is 5.11 Å². The molecule has 0 radical (unpaired) electrons. The molecule has 0 aliphatic heterocycles. The van der Waals surface area contributed by atoms with E-state index in [1.807, 2.05) is 79.1 Å². The van der Waals surface area contributed by atoms with Crippen molar-refractivity contribution in [2.24, 2.45) is 0 Å². The van der Waals surface area contributed by atoms with E-state index in [1.54, 1.807) is 6.07 Å². The van der Waals surface area contributed by atoms with E-state index in [0.717, 1.165) is 11.3 Å². The molecular formula is C33H34BrFN2O5. The molecule has 4 rings (SSSR count). The van der Waals surface area contributed by atoms with E-state index >= 15 is 0 Å². The van der Waals surface area contributed by atoms with Crippen molar-refractivity contribution in [3.8, 4) is 22.4 Å². The highest BCUT2D eigenvalue weighted by Crippen LogP contribution is 2.44. The molecule has 1 aromatic heterocycles. The fourth-order valence-electron chi connectivity index (χ4n) is 5.26. The number of nitrogens with one attached hydrogen (secondary N) is 1. The molecule has 1 heterocycles. The molecule has 1 amide bonds. The molecule has 220 valence electrons. The van der Waals surface area contributed by atoms with Crippen LogP contribution < -0.4 is 5.32 Å². The Kier molecular flexibility index (Phi) is 10.3. The highest BCUT2D eigenvalue weighted by atomic mass is 79.9. The summed E-state index contributed by atoms with van der Waals surface area (Å²) in [6.07, 6.45) is -2.57. The molecule has 0 bridgehead atoms. The minimum atomic E-state index is -1.19. The van der Waals surface area contributed by atoms with Gasteiger partial charge in [-0.15, -0.1) is 0 Å². The molecule has 0 unspecified atom stereocenters. The molecular weight excluding hydrogens is 603 g/mol. The summed E-state index contributed by atoms with van der Waals surface area (Å²) in [7, 11) is 0. The number of rotatable bonds is 12. The molecule has 3 aromatic carbocycles. The van der Waals surface area contributed by atoms with Gasteiger partial charge in [0.05, 0.1) is 29.9 Å². The predicted molar refractivity (Wildman–Crippen MR) is 165 cm³/mol. The normalized spacial score (nSPS) is 12.7. The van der Waals surface area contributed by atoms with Gasteiger partial charge in [-0.05, 0) is 70.6 Å². The van der Waals surface area contributed by atoms with Crippen LogP contribution in [0, 0.1) is 5.82 Å². The number of aliphatic hydroxyl groups excluding tert-OH is 2. The summed E-state index contributed by atoms with van der Waals surface area (Å²) >= 11 is 3.53. The van der Waals surface area contributed by atoms with Gasteiger partial charge in [-0.1, -0.05) is 62.4 Å². The van der Waals surface area contributed by atoms with Crippen molar-refractivity contribution in [2.45, 2.75) is 57.8 Å². The van der Waals surface area contributed by atoms with Crippen molar-refractivity contribution in [1.82, 2.24) is 4.57 Å². The SMILES string of the molecule is CC(C)c1c(C(=O)Nc2ccccc2)c(-c2ccccc2)c(-c2ccc(F)cc2Br)n1CC[C@@H](O)C[C@@H](O)CC(=O)O. The van der Waals surface area contributed by atoms with Crippen LogP contribution in [0.1, 0.15) is 55.1 Å². The lowest BCUT2D eigenvalue weighted by Gasteiger charge is -2.20. The average Bonchev–Trinajstić information content (AvgIpc) is 3.28. The molecule has 0 saturated carbocycles. The van der Waals surface area contributed by atoms with Crippen LogP contribution in [-0.4, -0.2) is 44.0 Å². The summed E-state index contributed by atoms with van der Waals surface area (Å²) in [5.74, 6) is -2.00. The summed E-state index contributed by atoms with van der Waals surface area (Å²) in [5.41, 5.74) is 4.62. The van der Waals surface area contributed by atoms with Crippen molar-refractivity contribution in [1.29, 1.82) is 0 Å². The van der Waals surface area contributed by atoms with E-state index in [1.165, 1.54) is 12.1 Å². The summed E-state index contributed by atoms with van der Waals surface area (Å²) < 4.78 is 16.7. The first kappa shape index (κ1) is 31.2. The number of carbonyl (C=O) groups is 2. The van der Waals surface area contributed by atoms with E-state index in [-0.39, 0.29) is 31.2 Å².